The van der Waals surface area contributed by atoms with Crippen molar-refractivity contribution in [1.82, 2.24) is 0 Å². The Bertz CT molecular complexity index is 878. The summed E-state index contributed by atoms with van der Waals surface area (Å²) in [4.78, 5) is 10.4. The Labute approximate surface area is 142 Å². The monoisotopic (exact) mass is 398 g/mol. The molecule has 0 amide bonds. The molecule has 0 heterocycles. The lowest BCUT2D eigenvalue weighted by atomic mass is 10.1. The van der Waals surface area contributed by atoms with Gasteiger partial charge in [-0.2, -0.15) is 34.8 Å². The van der Waals surface area contributed by atoms with Crippen molar-refractivity contribution in [2.24, 2.45) is 5.29 Å². The molecule has 2 aromatic rings. The normalized spacial score (nSPS) is 12.7. The van der Waals surface area contributed by atoms with E-state index in [0.29, 0.717) is 0 Å². The standard InChI is InChI=1S/C14H8F6N2O3S/c15-13(16,17)9-6-10(14(18,19)20)8-11(7-9)22(21-23)26(24,25)12-4-2-1-3-5-12/h1-8H. The summed E-state index contributed by atoms with van der Waals surface area (Å²) >= 11 is 0. The van der Waals surface area contributed by atoms with Gasteiger partial charge in [0.25, 0.3) is 10.0 Å². The number of halogens is 6. The van der Waals surface area contributed by atoms with Crippen LogP contribution in [0, 0.1) is 4.91 Å². The quantitative estimate of drug-likeness (QED) is 0.430. The fourth-order valence-electron chi connectivity index (χ4n) is 1.97. The average molecular weight is 398 g/mol. The third-order valence-electron chi connectivity index (χ3n) is 3.14. The molecule has 0 fully saturated rings. The van der Waals surface area contributed by atoms with Gasteiger partial charge in [-0.15, -0.1) is 9.32 Å². The number of hydrogen-bond donors (Lipinski definition) is 0. The van der Waals surface area contributed by atoms with Gasteiger partial charge >= 0.3 is 12.4 Å². The number of benzene rings is 2. The van der Waals surface area contributed by atoms with Crippen LogP contribution in [0.1, 0.15) is 11.1 Å². The van der Waals surface area contributed by atoms with E-state index in [4.69, 9.17) is 0 Å². The summed E-state index contributed by atoms with van der Waals surface area (Å²) < 4.78 is 102. The first-order valence-electron chi connectivity index (χ1n) is 6.60. The van der Waals surface area contributed by atoms with Crippen LogP contribution >= 0.6 is 0 Å². The second kappa shape index (κ2) is 6.59. The van der Waals surface area contributed by atoms with E-state index in [9.17, 15) is 39.7 Å². The molecule has 2 aromatic carbocycles. The summed E-state index contributed by atoms with van der Waals surface area (Å²) in [5, 5.41) is 2.11. The molecule has 26 heavy (non-hydrogen) atoms. The Morgan fingerprint density at radius 1 is 0.808 bits per heavy atom. The van der Waals surface area contributed by atoms with E-state index in [2.05, 4.69) is 5.29 Å². The van der Waals surface area contributed by atoms with Gasteiger partial charge < -0.3 is 0 Å². The lowest BCUT2D eigenvalue weighted by molar-refractivity contribution is -0.143. The molecule has 0 aliphatic carbocycles. The van der Waals surface area contributed by atoms with Gasteiger partial charge in [0.15, 0.2) is 0 Å². The summed E-state index contributed by atoms with van der Waals surface area (Å²) in [6, 6.07) is 5.93. The van der Waals surface area contributed by atoms with Crippen LogP contribution in [-0.2, 0) is 22.4 Å². The molecule has 5 nitrogen and oxygen atoms in total. The van der Waals surface area contributed by atoms with Crippen molar-refractivity contribution in [2.45, 2.75) is 17.2 Å². The summed E-state index contributed by atoms with van der Waals surface area (Å²) in [5.41, 5.74) is -4.75. The number of sulfonamides is 1. The highest BCUT2D eigenvalue weighted by atomic mass is 32.2. The third kappa shape index (κ3) is 3.95. The van der Waals surface area contributed by atoms with Gasteiger partial charge in [-0.1, -0.05) is 18.2 Å². The Hall–Kier alpha value is -2.63. The van der Waals surface area contributed by atoms with Crippen molar-refractivity contribution in [3.05, 3.63) is 64.6 Å². The van der Waals surface area contributed by atoms with E-state index in [1.165, 1.54) is 18.2 Å². The minimum Gasteiger partial charge on any atom is -0.199 e. The smallest absolute Gasteiger partial charge is 0.199 e. The van der Waals surface area contributed by atoms with Crippen LogP contribution in [0.25, 0.3) is 0 Å². The number of rotatable bonds is 4. The Kier molecular flexibility index (Phi) is 4.99. The summed E-state index contributed by atoms with van der Waals surface area (Å²) in [6.07, 6.45) is -10.4. The van der Waals surface area contributed by atoms with Crippen LogP contribution in [0.5, 0.6) is 0 Å². The molecular weight excluding hydrogens is 390 g/mol. The maximum absolute atomic E-state index is 12.9. The maximum Gasteiger partial charge on any atom is 0.416 e. The van der Waals surface area contributed by atoms with Gasteiger partial charge in [0.05, 0.1) is 27.0 Å². The second-order valence-corrected chi connectivity index (χ2v) is 6.67. The first kappa shape index (κ1) is 19.7. The molecule has 0 unspecified atom stereocenters. The highest BCUT2D eigenvalue weighted by molar-refractivity contribution is 7.92. The first-order valence-corrected chi connectivity index (χ1v) is 8.04. The molecule has 0 aliphatic rings. The van der Waals surface area contributed by atoms with Gasteiger partial charge in [-0.3, -0.25) is 0 Å². The van der Waals surface area contributed by atoms with Gasteiger partial charge in [0.1, 0.15) is 0 Å². The molecule has 0 N–H and O–H groups in total. The third-order valence-corrected chi connectivity index (χ3v) is 4.74. The zero-order valence-corrected chi connectivity index (χ0v) is 13.2. The largest absolute Gasteiger partial charge is 0.416 e. The van der Waals surface area contributed by atoms with Crippen LogP contribution < -0.4 is 4.41 Å². The minimum absolute atomic E-state index is 0.0944. The Morgan fingerprint density at radius 2 is 1.27 bits per heavy atom. The molecule has 2 rings (SSSR count). The van der Waals surface area contributed by atoms with E-state index in [1.54, 1.807) is 0 Å². The maximum atomic E-state index is 12.9. The highest BCUT2D eigenvalue weighted by Crippen LogP contribution is 2.39. The molecule has 0 aromatic heterocycles. The fraction of sp³-hybridized carbons (Fsp3) is 0.143. The van der Waals surface area contributed by atoms with Crippen LogP contribution in [0.3, 0.4) is 0 Å². The van der Waals surface area contributed by atoms with E-state index in [-0.39, 0.29) is 18.2 Å². The predicted molar refractivity (Wildman–Crippen MR) is 78.3 cm³/mol. The number of nitroso groups, excluding NO2 is 1. The molecule has 0 radical (unpaired) electrons. The zero-order chi connectivity index (χ0) is 19.8. The van der Waals surface area contributed by atoms with Crippen LogP contribution in [0.2, 0.25) is 0 Å². The molecule has 0 saturated heterocycles. The van der Waals surface area contributed by atoms with Crippen LogP contribution in [0.15, 0.2) is 58.7 Å². The van der Waals surface area contributed by atoms with E-state index in [1.807, 2.05) is 0 Å². The van der Waals surface area contributed by atoms with Crippen molar-refractivity contribution in [3.63, 3.8) is 0 Å². The molecule has 0 spiro atoms. The molecule has 0 saturated carbocycles. The van der Waals surface area contributed by atoms with E-state index in [0.717, 1.165) is 12.1 Å². The van der Waals surface area contributed by atoms with E-state index >= 15 is 0 Å². The Balaban J connectivity index is 2.70. The number of hydrogen-bond acceptors (Lipinski definition) is 4. The minimum atomic E-state index is -5.21. The van der Waals surface area contributed by atoms with Crippen molar-refractivity contribution in [2.75, 3.05) is 4.41 Å². The topological polar surface area (TPSA) is 66.8 Å². The van der Waals surface area contributed by atoms with Crippen molar-refractivity contribution >= 4 is 15.7 Å². The molecule has 12 heteroatoms. The van der Waals surface area contributed by atoms with Gasteiger partial charge in [-0.25, -0.2) is 0 Å². The zero-order valence-electron chi connectivity index (χ0n) is 12.4. The summed E-state index contributed by atoms with van der Waals surface area (Å²) in [6.45, 7) is 0. The predicted octanol–water partition coefficient (Wildman–Crippen LogP) is 4.60. The highest BCUT2D eigenvalue weighted by Gasteiger charge is 2.39. The lowest BCUT2D eigenvalue weighted by Gasteiger charge is -2.19. The van der Waals surface area contributed by atoms with Crippen molar-refractivity contribution < 1.29 is 34.8 Å². The SMILES string of the molecule is O=NN(c1cc(C(F)(F)F)cc(C(F)(F)F)c1)S(=O)(=O)c1ccccc1. The Morgan fingerprint density at radius 3 is 1.65 bits per heavy atom. The molecule has 140 valence electrons. The second-order valence-electron chi connectivity index (χ2n) is 4.91. The van der Waals surface area contributed by atoms with Crippen LogP contribution in [-0.4, -0.2) is 8.42 Å². The average Bonchev–Trinajstić information content (AvgIpc) is 2.54. The van der Waals surface area contributed by atoms with Gasteiger partial charge in [-0.05, 0) is 30.3 Å². The van der Waals surface area contributed by atoms with E-state index < -0.39 is 48.5 Å². The van der Waals surface area contributed by atoms with Crippen LogP contribution in [0.4, 0.5) is 32.0 Å². The molecular formula is C14H8F6N2O3S. The molecule has 0 bridgehead atoms. The first-order chi connectivity index (χ1) is 11.9. The summed E-state index contributed by atoms with van der Waals surface area (Å²) in [7, 11) is -4.81. The van der Waals surface area contributed by atoms with Gasteiger partial charge in [0.2, 0.25) is 0 Å². The lowest BCUT2D eigenvalue weighted by Crippen LogP contribution is -2.26. The van der Waals surface area contributed by atoms with Gasteiger partial charge in [0, 0.05) is 0 Å². The van der Waals surface area contributed by atoms with Crippen molar-refractivity contribution in [3.8, 4) is 0 Å². The molecule has 0 aliphatic heterocycles. The number of nitrogens with zero attached hydrogens (tertiary/aromatic N) is 2. The summed E-state index contributed by atoms with van der Waals surface area (Å²) in [5.74, 6) is 0. The molecule has 0 atom stereocenters. The number of anilines is 1. The fourth-order valence-corrected chi connectivity index (χ4v) is 3.14. The van der Waals surface area contributed by atoms with Crippen molar-refractivity contribution in [1.29, 1.82) is 0 Å². The number of alkyl halides is 6.